The average Bonchev–Trinajstić information content (AvgIpc) is 2.82. The predicted molar refractivity (Wildman–Crippen MR) is 84.2 cm³/mol. The summed E-state index contributed by atoms with van der Waals surface area (Å²) in [6, 6.07) is 11.8. The number of aryl methyl sites for hydroxylation is 1. The molecule has 0 aliphatic carbocycles. The largest absolute Gasteiger partial charge is 0.352 e. The van der Waals surface area contributed by atoms with Crippen LogP contribution < -0.4 is 5.32 Å². The molecule has 6 heteroatoms. The van der Waals surface area contributed by atoms with E-state index < -0.39 is 0 Å². The molecule has 4 nitrogen and oxygen atoms in total. The minimum atomic E-state index is -0.291. The molecule has 1 N–H and O–H groups in total. The number of benzene rings is 2. The SMILES string of the molecule is Cn1c(NCc2ccc(C#N)c(Cl)c2)nc2ccc(F)cc21. The molecular weight excluding hydrogens is 303 g/mol. The Bertz CT molecular complexity index is 895. The van der Waals surface area contributed by atoms with Crippen molar-refractivity contribution < 1.29 is 4.39 Å². The zero-order valence-electron chi connectivity index (χ0n) is 11.8. The molecule has 0 unspecified atom stereocenters. The number of nitrogens with one attached hydrogen (secondary N) is 1. The first-order valence-corrected chi connectivity index (χ1v) is 7.00. The smallest absolute Gasteiger partial charge is 0.203 e. The van der Waals surface area contributed by atoms with Gasteiger partial charge in [0.25, 0.3) is 0 Å². The van der Waals surface area contributed by atoms with Gasteiger partial charge >= 0.3 is 0 Å². The minimum Gasteiger partial charge on any atom is -0.352 e. The van der Waals surface area contributed by atoms with Crippen LogP contribution >= 0.6 is 11.6 Å². The summed E-state index contributed by atoms with van der Waals surface area (Å²) >= 11 is 6.01. The fourth-order valence-corrected chi connectivity index (χ4v) is 2.51. The van der Waals surface area contributed by atoms with E-state index in [0.29, 0.717) is 23.1 Å². The molecule has 1 aromatic heterocycles. The standard InChI is InChI=1S/C16H12ClFN4/c1-22-15-7-12(18)4-5-14(15)21-16(22)20-9-10-2-3-11(8-19)13(17)6-10/h2-7H,9H2,1H3,(H,20,21). The summed E-state index contributed by atoms with van der Waals surface area (Å²) in [5, 5.41) is 12.5. The van der Waals surface area contributed by atoms with Crippen LogP contribution in [0.2, 0.25) is 5.02 Å². The van der Waals surface area contributed by atoms with Crippen LogP contribution in [0.1, 0.15) is 11.1 Å². The van der Waals surface area contributed by atoms with Gasteiger partial charge in [0.15, 0.2) is 0 Å². The Hall–Kier alpha value is -2.58. The van der Waals surface area contributed by atoms with Crippen LogP contribution in [0.4, 0.5) is 10.3 Å². The first-order valence-electron chi connectivity index (χ1n) is 6.63. The summed E-state index contributed by atoms with van der Waals surface area (Å²) in [6.07, 6.45) is 0. The number of halogens is 2. The molecule has 0 spiro atoms. The van der Waals surface area contributed by atoms with Gasteiger partial charge in [-0.3, -0.25) is 0 Å². The Labute approximate surface area is 131 Å². The van der Waals surface area contributed by atoms with Gasteiger partial charge in [-0.15, -0.1) is 0 Å². The number of aromatic nitrogens is 2. The van der Waals surface area contributed by atoms with E-state index in [4.69, 9.17) is 16.9 Å². The number of nitrogens with zero attached hydrogens (tertiary/aromatic N) is 3. The molecule has 0 amide bonds. The third kappa shape index (κ3) is 2.61. The van der Waals surface area contributed by atoms with Crippen LogP contribution in [0.5, 0.6) is 0 Å². The van der Waals surface area contributed by atoms with Gasteiger partial charge in [-0.05, 0) is 35.9 Å². The Morgan fingerprint density at radius 3 is 2.86 bits per heavy atom. The fourth-order valence-electron chi connectivity index (χ4n) is 2.26. The summed E-state index contributed by atoms with van der Waals surface area (Å²) in [5.41, 5.74) is 2.83. The predicted octanol–water partition coefficient (Wildman–Crippen LogP) is 3.85. The number of hydrogen-bond donors (Lipinski definition) is 1. The highest BCUT2D eigenvalue weighted by atomic mass is 35.5. The van der Waals surface area contributed by atoms with Crippen molar-refractivity contribution in [3.8, 4) is 6.07 Å². The average molecular weight is 315 g/mol. The monoisotopic (exact) mass is 314 g/mol. The topological polar surface area (TPSA) is 53.6 Å². The Morgan fingerprint density at radius 2 is 2.14 bits per heavy atom. The molecule has 2 aromatic carbocycles. The number of rotatable bonds is 3. The number of hydrogen-bond acceptors (Lipinski definition) is 3. The number of anilines is 1. The van der Waals surface area contributed by atoms with E-state index in [9.17, 15) is 4.39 Å². The van der Waals surface area contributed by atoms with Crippen molar-refractivity contribution in [3.05, 3.63) is 58.4 Å². The quantitative estimate of drug-likeness (QED) is 0.799. The van der Waals surface area contributed by atoms with Gasteiger partial charge in [0.1, 0.15) is 11.9 Å². The van der Waals surface area contributed by atoms with Gasteiger partial charge < -0.3 is 9.88 Å². The van der Waals surface area contributed by atoms with E-state index in [1.54, 1.807) is 22.8 Å². The Kier molecular flexibility index (Phi) is 3.70. The van der Waals surface area contributed by atoms with Gasteiger partial charge in [-0.2, -0.15) is 5.26 Å². The molecule has 110 valence electrons. The maximum atomic E-state index is 13.3. The van der Waals surface area contributed by atoms with Crippen molar-refractivity contribution in [3.63, 3.8) is 0 Å². The van der Waals surface area contributed by atoms with Crippen molar-refractivity contribution in [2.75, 3.05) is 5.32 Å². The normalized spacial score (nSPS) is 10.6. The zero-order valence-corrected chi connectivity index (χ0v) is 12.5. The highest BCUT2D eigenvalue weighted by Crippen LogP contribution is 2.21. The van der Waals surface area contributed by atoms with Gasteiger partial charge in [0, 0.05) is 13.6 Å². The van der Waals surface area contributed by atoms with Crippen LogP contribution in [0.3, 0.4) is 0 Å². The minimum absolute atomic E-state index is 0.291. The van der Waals surface area contributed by atoms with Crippen molar-refractivity contribution in [1.29, 1.82) is 5.26 Å². The molecule has 0 saturated carbocycles. The summed E-state index contributed by atoms with van der Waals surface area (Å²) in [7, 11) is 1.82. The first kappa shape index (κ1) is 14.4. The highest BCUT2D eigenvalue weighted by molar-refractivity contribution is 6.31. The second-order valence-electron chi connectivity index (χ2n) is 4.91. The Morgan fingerprint density at radius 1 is 1.32 bits per heavy atom. The fraction of sp³-hybridized carbons (Fsp3) is 0.125. The molecular formula is C16H12ClFN4. The number of imidazole rings is 1. The van der Waals surface area contributed by atoms with Crippen LogP contribution in [-0.2, 0) is 13.6 Å². The van der Waals surface area contributed by atoms with Crippen molar-refractivity contribution >= 4 is 28.6 Å². The zero-order chi connectivity index (χ0) is 15.7. The molecule has 0 saturated heterocycles. The molecule has 3 rings (SSSR count). The van der Waals surface area contributed by atoms with E-state index >= 15 is 0 Å². The second kappa shape index (κ2) is 5.66. The third-order valence-electron chi connectivity index (χ3n) is 3.45. The lowest BCUT2D eigenvalue weighted by molar-refractivity contribution is 0.629. The molecule has 0 fully saturated rings. The summed E-state index contributed by atoms with van der Waals surface area (Å²) in [5.74, 6) is 0.349. The lowest BCUT2D eigenvalue weighted by atomic mass is 10.1. The summed E-state index contributed by atoms with van der Waals surface area (Å²) < 4.78 is 15.1. The van der Waals surface area contributed by atoms with E-state index in [-0.39, 0.29) is 5.82 Å². The van der Waals surface area contributed by atoms with E-state index in [1.165, 1.54) is 12.1 Å². The number of fused-ring (bicyclic) bond motifs is 1. The molecule has 22 heavy (non-hydrogen) atoms. The number of nitriles is 1. The van der Waals surface area contributed by atoms with E-state index in [2.05, 4.69) is 10.3 Å². The molecule has 0 bridgehead atoms. The third-order valence-corrected chi connectivity index (χ3v) is 3.76. The van der Waals surface area contributed by atoms with Crippen LogP contribution in [0, 0.1) is 17.1 Å². The highest BCUT2D eigenvalue weighted by Gasteiger charge is 2.08. The molecule has 0 radical (unpaired) electrons. The summed E-state index contributed by atoms with van der Waals surface area (Å²) in [6.45, 7) is 0.505. The van der Waals surface area contributed by atoms with Crippen LogP contribution in [0.25, 0.3) is 11.0 Å². The lowest BCUT2D eigenvalue weighted by Gasteiger charge is -2.07. The molecule has 0 aliphatic rings. The van der Waals surface area contributed by atoms with Gasteiger partial charge in [0.05, 0.1) is 21.6 Å². The van der Waals surface area contributed by atoms with Crippen molar-refractivity contribution in [2.24, 2.45) is 7.05 Å². The van der Waals surface area contributed by atoms with Crippen molar-refractivity contribution in [1.82, 2.24) is 9.55 Å². The van der Waals surface area contributed by atoms with Crippen LogP contribution in [-0.4, -0.2) is 9.55 Å². The van der Waals surface area contributed by atoms with Gasteiger partial charge in [0.2, 0.25) is 5.95 Å². The first-order chi connectivity index (χ1) is 10.6. The van der Waals surface area contributed by atoms with E-state index in [0.717, 1.165) is 16.6 Å². The molecule has 0 aliphatic heterocycles. The molecule has 0 atom stereocenters. The van der Waals surface area contributed by atoms with Crippen LogP contribution in [0.15, 0.2) is 36.4 Å². The molecule has 1 heterocycles. The van der Waals surface area contributed by atoms with Gasteiger partial charge in [-0.1, -0.05) is 17.7 Å². The second-order valence-corrected chi connectivity index (χ2v) is 5.31. The van der Waals surface area contributed by atoms with Crippen molar-refractivity contribution in [2.45, 2.75) is 6.54 Å². The molecule has 3 aromatic rings. The maximum absolute atomic E-state index is 13.3. The summed E-state index contributed by atoms with van der Waals surface area (Å²) in [4.78, 5) is 4.42. The Balaban J connectivity index is 1.84. The lowest BCUT2D eigenvalue weighted by Crippen LogP contribution is -2.05. The van der Waals surface area contributed by atoms with E-state index in [1.807, 2.05) is 19.2 Å². The van der Waals surface area contributed by atoms with Gasteiger partial charge in [-0.25, -0.2) is 9.37 Å². The maximum Gasteiger partial charge on any atom is 0.203 e.